The molecular formula is C30H44O4. The minimum atomic E-state index is -0.715. The van der Waals surface area contributed by atoms with E-state index < -0.39 is 5.79 Å². The summed E-state index contributed by atoms with van der Waals surface area (Å²) in [5, 5.41) is 0. The van der Waals surface area contributed by atoms with Crippen molar-refractivity contribution in [2.24, 2.45) is 45.3 Å². The zero-order valence-corrected chi connectivity index (χ0v) is 22.4. The topological polar surface area (TPSA) is 52.6 Å². The lowest BCUT2D eigenvalue weighted by Crippen LogP contribution is -2.60. The van der Waals surface area contributed by atoms with Gasteiger partial charge in [-0.1, -0.05) is 60.1 Å². The smallest absolute Gasteiger partial charge is 0.311 e. The Balaban J connectivity index is 1.39. The molecule has 34 heavy (non-hydrogen) atoms. The third-order valence-corrected chi connectivity index (χ3v) is 12.8. The van der Waals surface area contributed by atoms with Gasteiger partial charge in [-0.2, -0.15) is 0 Å². The maximum atomic E-state index is 12.9. The Morgan fingerprint density at radius 1 is 0.941 bits per heavy atom. The Morgan fingerprint density at radius 2 is 1.68 bits per heavy atom. The number of carbonyl (C=O) groups is 2. The van der Waals surface area contributed by atoms with Gasteiger partial charge in [0.05, 0.1) is 11.5 Å². The van der Waals surface area contributed by atoms with Gasteiger partial charge in [0.25, 0.3) is 0 Å². The Morgan fingerprint density at radius 3 is 2.35 bits per heavy atom. The third-order valence-electron chi connectivity index (χ3n) is 12.8. The molecule has 0 amide bonds. The molecule has 5 fully saturated rings. The van der Waals surface area contributed by atoms with Gasteiger partial charge in [-0.25, -0.2) is 0 Å². The molecule has 4 nitrogen and oxygen atoms in total. The molecule has 2 spiro atoms. The Labute approximate surface area is 205 Å². The lowest BCUT2D eigenvalue weighted by Gasteiger charge is -2.64. The molecule has 188 valence electrons. The van der Waals surface area contributed by atoms with Crippen molar-refractivity contribution in [2.75, 3.05) is 0 Å². The summed E-state index contributed by atoms with van der Waals surface area (Å²) in [6, 6.07) is 0. The summed E-state index contributed by atoms with van der Waals surface area (Å²) >= 11 is 0. The molecule has 0 bridgehead atoms. The Kier molecular flexibility index (Phi) is 4.50. The van der Waals surface area contributed by atoms with Crippen molar-refractivity contribution >= 4 is 11.8 Å². The first kappa shape index (κ1) is 23.3. The number of hydrogen-bond donors (Lipinski definition) is 0. The molecule has 6 aliphatic rings. The third kappa shape index (κ3) is 2.45. The SMILES string of the molecule is C[C@@H]1C[C@@]2(C[C@@H](C)[C@@]3(CC[C@@]4(C)C5=CC[C@H]6C(C)(C)C(=O)CC[C@]6(C)[C@@H]5CC[C@@]43C)O2)OC1=O. The van der Waals surface area contributed by atoms with Crippen molar-refractivity contribution in [3.05, 3.63) is 11.6 Å². The van der Waals surface area contributed by atoms with E-state index in [1.54, 1.807) is 5.57 Å². The highest BCUT2D eigenvalue weighted by molar-refractivity contribution is 5.85. The number of Topliss-reactive ketones (excluding diaryl/α,β-unsaturated/α-hetero) is 1. The van der Waals surface area contributed by atoms with Crippen molar-refractivity contribution in [1.29, 1.82) is 0 Å². The lowest BCUT2D eigenvalue weighted by molar-refractivity contribution is -0.257. The number of esters is 1. The van der Waals surface area contributed by atoms with Crippen LogP contribution in [0.5, 0.6) is 0 Å². The normalized spacial score (nSPS) is 55.7. The first-order valence-electron chi connectivity index (χ1n) is 13.9. The van der Waals surface area contributed by atoms with Gasteiger partial charge in [-0.15, -0.1) is 0 Å². The summed E-state index contributed by atoms with van der Waals surface area (Å²) in [6.45, 7) is 16.2. The number of hydrogen-bond acceptors (Lipinski definition) is 4. The van der Waals surface area contributed by atoms with Crippen LogP contribution >= 0.6 is 0 Å². The van der Waals surface area contributed by atoms with Crippen LogP contribution in [-0.4, -0.2) is 23.1 Å². The van der Waals surface area contributed by atoms with Gasteiger partial charge in [0, 0.05) is 30.1 Å². The zero-order chi connectivity index (χ0) is 24.5. The number of fused-ring (bicyclic) bond motifs is 6. The molecule has 0 aromatic carbocycles. The summed E-state index contributed by atoms with van der Waals surface area (Å²) in [4.78, 5) is 25.2. The van der Waals surface area contributed by atoms with Crippen molar-refractivity contribution in [3.8, 4) is 0 Å². The molecule has 0 radical (unpaired) electrons. The molecule has 2 heterocycles. The zero-order valence-electron chi connectivity index (χ0n) is 22.4. The number of ketones is 1. The first-order valence-corrected chi connectivity index (χ1v) is 13.9. The molecule has 2 saturated heterocycles. The fourth-order valence-corrected chi connectivity index (χ4v) is 10.7. The molecule has 0 aromatic heterocycles. The highest BCUT2D eigenvalue weighted by Crippen LogP contribution is 2.76. The van der Waals surface area contributed by atoms with Gasteiger partial charge in [-0.05, 0) is 67.1 Å². The summed E-state index contributed by atoms with van der Waals surface area (Å²) in [5.41, 5.74) is 1.50. The van der Waals surface area contributed by atoms with Crippen LogP contribution in [0.1, 0.15) is 106 Å². The number of allylic oxidation sites excluding steroid dienone is 2. The monoisotopic (exact) mass is 468 g/mol. The Bertz CT molecular complexity index is 996. The summed E-state index contributed by atoms with van der Waals surface area (Å²) in [5.74, 6) is 0.929. The minimum Gasteiger partial charge on any atom is -0.433 e. The van der Waals surface area contributed by atoms with Crippen LogP contribution in [0.3, 0.4) is 0 Å². The standard InChI is InChI=1S/C30H44O4/c1-18-16-29(33-24(18)32)17-19(2)30(34-29)15-14-27(6)21-8-9-22-25(3,4)23(31)11-12-26(22,5)20(21)10-13-28(27,30)7/h8,18-20,22H,9-17H2,1-7H3/t18-,19-,20-,22+,26-,27+,28+,29-,30-/m1/s1. The van der Waals surface area contributed by atoms with E-state index in [0.29, 0.717) is 30.0 Å². The second kappa shape index (κ2) is 6.58. The van der Waals surface area contributed by atoms with E-state index >= 15 is 0 Å². The molecule has 9 atom stereocenters. The molecule has 6 rings (SSSR count). The van der Waals surface area contributed by atoms with Gasteiger partial charge < -0.3 is 9.47 Å². The average molecular weight is 469 g/mol. The van der Waals surface area contributed by atoms with Crippen LogP contribution in [-0.2, 0) is 19.1 Å². The largest absolute Gasteiger partial charge is 0.433 e. The van der Waals surface area contributed by atoms with E-state index in [4.69, 9.17) is 9.47 Å². The van der Waals surface area contributed by atoms with Crippen LogP contribution in [0.4, 0.5) is 0 Å². The van der Waals surface area contributed by atoms with Crippen LogP contribution in [0.2, 0.25) is 0 Å². The highest BCUT2D eigenvalue weighted by atomic mass is 16.7. The molecule has 4 aliphatic carbocycles. The number of ether oxygens (including phenoxy) is 2. The maximum absolute atomic E-state index is 12.9. The fraction of sp³-hybridized carbons (Fsp3) is 0.867. The second-order valence-corrected chi connectivity index (χ2v) is 14.4. The van der Waals surface area contributed by atoms with Gasteiger partial charge in [0.2, 0.25) is 5.79 Å². The summed E-state index contributed by atoms with van der Waals surface area (Å²) in [6.07, 6.45) is 11.4. The van der Waals surface area contributed by atoms with Gasteiger partial charge >= 0.3 is 5.97 Å². The van der Waals surface area contributed by atoms with E-state index in [1.807, 2.05) is 6.92 Å². The van der Waals surface area contributed by atoms with E-state index in [0.717, 1.165) is 44.9 Å². The van der Waals surface area contributed by atoms with Crippen molar-refractivity contribution in [3.63, 3.8) is 0 Å². The number of carbonyl (C=O) groups excluding carboxylic acids is 2. The molecule has 3 saturated carbocycles. The molecule has 0 unspecified atom stereocenters. The van der Waals surface area contributed by atoms with E-state index in [2.05, 4.69) is 47.6 Å². The van der Waals surface area contributed by atoms with Crippen molar-refractivity contribution in [2.45, 2.75) is 118 Å². The molecular weight excluding hydrogens is 424 g/mol. The van der Waals surface area contributed by atoms with Crippen LogP contribution in [0.15, 0.2) is 11.6 Å². The summed E-state index contributed by atoms with van der Waals surface area (Å²) < 4.78 is 13.0. The van der Waals surface area contributed by atoms with Gasteiger partial charge in [0.15, 0.2) is 0 Å². The second-order valence-electron chi connectivity index (χ2n) is 14.4. The number of rotatable bonds is 0. The van der Waals surface area contributed by atoms with Gasteiger partial charge in [-0.3, -0.25) is 9.59 Å². The molecule has 0 aromatic rings. The average Bonchev–Trinajstić information content (AvgIpc) is 3.28. The quantitative estimate of drug-likeness (QED) is 0.296. The molecule has 4 heteroatoms. The van der Waals surface area contributed by atoms with E-state index in [9.17, 15) is 9.59 Å². The maximum Gasteiger partial charge on any atom is 0.311 e. The minimum absolute atomic E-state index is 0.0205. The predicted molar refractivity (Wildman–Crippen MR) is 131 cm³/mol. The molecule has 0 N–H and O–H groups in total. The van der Waals surface area contributed by atoms with Gasteiger partial charge in [0.1, 0.15) is 5.78 Å². The Hall–Kier alpha value is -1.16. The fourth-order valence-electron chi connectivity index (χ4n) is 10.7. The summed E-state index contributed by atoms with van der Waals surface area (Å²) in [7, 11) is 0. The first-order chi connectivity index (χ1) is 15.7. The van der Waals surface area contributed by atoms with Crippen LogP contribution in [0, 0.1) is 45.3 Å². The lowest BCUT2D eigenvalue weighted by atomic mass is 9.40. The van der Waals surface area contributed by atoms with Crippen molar-refractivity contribution < 1.29 is 19.1 Å². The predicted octanol–water partition coefficient (Wildman–Crippen LogP) is 6.62. The van der Waals surface area contributed by atoms with Crippen LogP contribution in [0.25, 0.3) is 0 Å². The molecule has 2 aliphatic heterocycles. The van der Waals surface area contributed by atoms with E-state index in [1.165, 1.54) is 6.42 Å². The van der Waals surface area contributed by atoms with E-state index in [-0.39, 0.29) is 39.1 Å². The highest BCUT2D eigenvalue weighted by Gasteiger charge is 2.75. The van der Waals surface area contributed by atoms with Crippen molar-refractivity contribution in [1.82, 2.24) is 0 Å². The van der Waals surface area contributed by atoms with Crippen LogP contribution < -0.4 is 0 Å².